The maximum atomic E-state index is 12.8. The predicted octanol–water partition coefficient (Wildman–Crippen LogP) is 2.46. The van der Waals surface area contributed by atoms with E-state index in [4.69, 9.17) is 4.74 Å². The van der Waals surface area contributed by atoms with Crippen molar-refractivity contribution >= 4 is 11.9 Å². The van der Waals surface area contributed by atoms with Crippen molar-refractivity contribution in [3.63, 3.8) is 0 Å². The fourth-order valence-electron chi connectivity index (χ4n) is 3.01. The number of hydrogen-bond acceptors (Lipinski definition) is 4. The molecule has 25 heavy (non-hydrogen) atoms. The number of ether oxygens (including phenoxy) is 1. The standard InChI is InChI=1S/C20H19NO4/c1-14(2)19(23)25-13-12-21-18(22)16-10-6-7-11-17(16)20(21,24)15-8-4-3-5-9-15/h3-11,24H,1,12-13H2,2H3. The van der Waals surface area contributed by atoms with E-state index in [0.717, 1.165) is 0 Å². The van der Waals surface area contributed by atoms with Crippen molar-refractivity contribution in [1.82, 2.24) is 4.90 Å². The van der Waals surface area contributed by atoms with Crippen molar-refractivity contribution < 1.29 is 19.4 Å². The quantitative estimate of drug-likeness (QED) is 0.672. The summed E-state index contributed by atoms with van der Waals surface area (Å²) in [5.74, 6) is -0.819. The van der Waals surface area contributed by atoms with Crippen molar-refractivity contribution in [2.24, 2.45) is 0 Å². The molecule has 0 aromatic heterocycles. The first-order valence-electron chi connectivity index (χ1n) is 7.98. The van der Waals surface area contributed by atoms with Gasteiger partial charge in [0.15, 0.2) is 5.72 Å². The van der Waals surface area contributed by atoms with E-state index < -0.39 is 11.7 Å². The van der Waals surface area contributed by atoms with Crippen LogP contribution < -0.4 is 0 Å². The second-order valence-corrected chi connectivity index (χ2v) is 5.96. The van der Waals surface area contributed by atoms with E-state index in [1.165, 1.54) is 4.90 Å². The molecule has 1 unspecified atom stereocenters. The Morgan fingerprint density at radius 1 is 1.16 bits per heavy atom. The van der Waals surface area contributed by atoms with Gasteiger partial charge in [-0.1, -0.05) is 55.1 Å². The van der Waals surface area contributed by atoms with Crippen molar-refractivity contribution in [3.8, 4) is 0 Å². The molecule has 0 saturated carbocycles. The van der Waals surface area contributed by atoms with Crippen molar-refractivity contribution in [3.05, 3.63) is 83.4 Å². The second-order valence-electron chi connectivity index (χ2n) is 5.96. The largest absolute Gasteiger partial charge is 0.460 e. The van der Waals surface area contributed by atoms with Gasteiger partial charge in [0.25, 0.3) is 5.91 Å². The first-order valence-corrected chi connectivity index (χ1v) is 7.98. The molecule has 0 spiro atoms. The number of fused-ring (bicyclic) bond motifs is 1. The van der Waals surface area contributed by atoms with Crippen molar-refractivity contribution in [2.45, 2.75) is 12.6 Å². The van der Waals surface area contributed by atoms with Crippen LogP contribution in [0.1, 0.15) is 28.4 Å². The molecule has 5 nitrogen and oxygen atoms in total. The van der Waals surface area contributed by atoms with Gasteiger partial charge in [-0.15, -0.1) is 0 Å². The lowest BCUT2D eigenvalue weighted by molar-refractivity contribution is -0.140. The maximum absolute atomic E-state index is 12.8. The van der Waals surface area contributed by atoms with E-state index in [9.17, 15) is 14.7 Å². The number of benzene rings is 2. The van der Waals surface area contributed by atoms with Gasteiger partial charge >= 0.3 is 5.97 Å². The zero-order chi connectivity index (χ0) is 18.0. The molecule has 0 aliphatic carbocycles. The number of nitrogens with zero attached hydrogens (tertiary/aromatic N) is 1. The molecular weight excluding hydrogens is 318 g/mol. The van der Waals surface area contributed by atoms with E-state index in [1.807, 2.05) is 6.07 Å². The van der Waals surface area contributed by atoms with Crippen LogP contribution in [0.3, 0.4) is 0 Å². The van der Waals surface area contributed by atoms with Gasteiger partial charge in [0, 0.05) is 22.3 Å². The Hall–Kier alpha value is -2.92. The van der Waals surface area contributed by atoms with Crippen LogP contribution in [0, 0.1) is 0 Å². The lowest BCUT2D eigenvalue weighted by atomic mass is 9.94. The lowest BCUT2D eigenvalue weighted by Gasteiger charge is -2.34. The molecule has 1 N–H and O–H groups in total. The van der Waals surface area contributed by atoms with Crippen molar-refractivity contribution in [1.29, 1.82) is 0 Å². The molecule has 128 valence electrons. The van der Waals surface area contributed by atoms with Crippen LogP contribution in [0.5, 0.6) is 0 Å². The molecule has 0 fully saturated rings. The maximum Gasteiger partial charge on any atom is 0.333 e. The first kappa shape index (κ1) is 16.9. The van der Waals surface area contributed by atoms with Crippen LogP contribution >= 0.6 is 0 Å². The Morgan fingerprint density at radius 2 is 1.80 bits per heavy atom. The first-order chi connectivity index (χ1) is 12.0. The van der Waals surface area contributed by atoms with Crippen LogP contribution in [-0.2, 0) is 15.3 Å². The molecule has 1 amide bonds. The SMILES string of the molecule is C=C(C)C(=O)OCCN1C(=O)c2ccccc2C1(O)c1ccccc1. The minimum absolute atomic E-state index is 0.0272. The summed E-state index contributed by atoms with van der Waals surface area (Å²) < 4.78 is 5.10. The number of carbonyl (C=O) groups excluding carboxylic acids is 2. The van der Waals surface area contributed by atoms with Crippen LogP contribution in [0.25, 0.3) is 0 Å². The van der Waals surface area contributed by atoms with Gasteiger partial charge in [0.2, 0.25) is 0 Å². The van der Waals surface area contributed by atoms with Gasteiger partial charge < -0.3 is 9.84 Å². The number of aliphatic hydroxyl groups is 1. The van der Waals surface area contributed by atoms with E-state index >= 15 is 0 Å². The Kier molecular flexibility index (Phi) is 4.42. The zero-order valence-electron chi connectivity index (χ0n) is 13.9. The summed E-state index contributed by atoms with van der Waals surface area (Å²) in [5.41, 5.74) is 0.247. The molecule has 1 aliphatic rings. The van der Waals surface area contributed by atoms with E-state index in [-0.39, 0.29) is 24.6 Å². The molecule has 2 aromatic rings. The zero-order valence-corrected chi connectivity index (χ0v) is 13.9. The second kappa shape index (κ2) is 6.53. The Morgan fingerprint density at radius 3 is 2.48 bits per heavy atom. The van der Waals surface area contributed by atoms with Gasteiger partial charge in [0.05, 0.1) is 6.54 Å². The molecule has 0 bridgehead atoms. The molecule has 0 radical (unpaired) electrons. The Labute approximate surface area is 146 Å². The Bertz CT molecular complexity index is 831. The summed E-state index contributed by atoms with van der Waals surface area (Å²) in [4.78, 5) is 25.7. The van der Waals surface area contributed by atoms with Gasteiger partial charge in [-0.2, -0.15) is 0 Å². The smallest absolute Gasteiger partial charge is 0.333 e. The average Bonchev–Trinajstić information content (AvgIpc) is 2.85. The van der Waals surface area contributed by atoms with Gasteiger partial charge in [0.1, 0.15) is 6.61 Å². The number of rotatable bonds is 5. The van der Waals surface area contributed by atoms with E-state index in [2.05, 4.69) is 6.58 Å². The fraction of sp³-hybridized carbons (Fsp3) is 0.200. The molecular formula is C20H19NO4. The van der Waals surface area contributed by atoms with Gasteiger partial charge in [-0.3, -0.25) is 9.69 Å². The third-order valence-corrected chi connectivity index (χ3v) is 4.24. The number of amides is 1. The summed E-state index contributed by atoms with van der Waals surface area (Å²) in [7, 11) is 0. The minimum atomic E-state index is -1.59. The minimum Gasteiger partial charge on any atom is -0.460 e. The highest BCUT2D eigenvalue weighted by atomic mass is 16.5. The number of carbonyl (C=O) groups is 2. The van der Waals surface area contributed by atoms with Crippen LogP contribution in [0.15, 0.2) is 66.7 Å². The third kappa shape index (κ3) is 2.83. The molecule has 5 heteroatoms. The van der Waals surface area contributed by atoms with E-state index in [1.54, 1.807) is 55.5 Å². The van der Waals surface area contributed by atoms with E-state index in [0.29, 0.717) is 16.7 Å². The topological polar surface area (TPSA) is 66.8 Å². The lowest BCUT2D eigenvalue weighted by Crippen LogP contribution is -2.46. The van der Waals surface area contributed by atoms with Crippen LogP contribution in [0.2, 0.25) is 0 Å². The highest BCUT2D eigenvalue weighted by molar-refractivity contribution is 6.00. The summed E-state index contributed by atoms with van der Waals surface area (Å²) >= 11 is 0. The van der Waals surface area contributed by atoms with Gasteiger partial charge in [-0.05, 0) is 13.0 Å². The highest BCUT2D eigenvalue weighted by Crippen LogP contribution is 2.41. The molecule has 2 aromatic carbocycles. The summed E-state index contributed by atoms with van der Waals surface area (Å²) in [6.07, 6.45) is 0. The third-order valence-electron chi connectivity index (χ3n) is 4.24. The Balaban J connectivity index is 1.95. The molecule has 3 rings (SSSR count). The molecule has 1 heterocycles. The summed E-state index contributed by atoms with van der Waals surface area (Å²) in [6, 6.07) is 15.9. The summed E-state index contributed by atoms with van der Waals surface area (Å²) in [6.45, 7) is 5.12. The molecule has 1 aliphatic heterocycles. The highest BCUT2D eigenvalue weighted by Gasteiger charge is 2.49. The molecule has 0 saturated heterocycles. The normalized spacial score (nSPS) is 18.8. The predicted molar refractivity (Wildman–Crippen MR) is 92.7 cm³/mol. The fourth-order valence-corrected chi connectivity index (χ4v) is 3.01. The molecule has 1 atom stereocenters. The summed E-state index contributed by atoms with van der Waals surface area (Å²) in [5, 5.41) is 11.5. The van der Waals surface area contributed by atoms with Crippen LogP contribution in [0.4, 0.5) is 0 Å². The number of hydrogen-bond donors (Lipinski definition) is 1. The van der Waals surface area contributed by atoms with Crippen LogP contribution in [-0.4, -0.2) is 35.0 Å². The average molecular weight is 337 g/mol. The number of esters is 1. The van der Waals surface area contributed by atoms with Crippen molar-refractivity contribution in [2.75, 3.05) is 13.2 Å². The monoisotopic (exact) mass is 337 g/mol. The van der Waals surface area contributed by atoms with Gasteiger partial charge in [-0.25, -0.2) is 4.79 Å².